The van der Waals surface area contributed by atoms with Crippen molar-refractivity contribution in [2.24, 2.45) is 7.05 Å². The second-order valence-electron chi connectivity index (χ2n) is 3.73. The van der Waals surface area contributed by atoms with Crippen LogP contribution < -0.4 is 5.56 Å². The van der Waals surface area contributed by atoms with E-state index in [-0.39, 0.29) is 5.56 Å². The van der Waals surface area contributed by atoms with E-state index in [9.17, 15) is 9.59 Å². The molecule has 2 aromatic rings. The van der Waals surface area contributed by atoms with Crippen LogP contribution in [0.15, 0.2) is 40.0 Å². The number of hydrogen-bond donors (Lipinski definition) is 2. The first-order valence-corrected chi connectivity index (χ1v) is 6.27. The number of nitrogens with zero attached hydrogens (tertiary/aromatic N) is 1. The number of nitrogens with one attached hydrogen (secondary N) is 1. The Hall–Kier alpha value is -1.95. The van der Waals surface area contributed by atoms with E-state index in [2.05, 4.69) is 5.10 Å². The molecule has 0 saturated heterocycles. The summed E-state index contributed by atoms with van der Waals surface area (Å²) in [7, 11) is 1.63. The van der Waals surface area contributed by atoms with E-state index in [0.717, 1.165) is 4.90 Å². The van der Waals surface area contributed by atoms with Gasteiger partial charge in [0.15, 0.2) is 0 Å². The van der Waals surface area contributed by atoms with Crippen molar-refractivity contribution < 1.29 is 9.90 Å². The molecule has 2 N–H and O–H groups in total. The second-order valence-corrected chi connectivity index (χ2v) is 4.78. The maximum absolute atomic E-state index is 11.4. The fraction of sp³-hybridized carbons (Fsp3) is 0.167. The highest BCUT2D eigenvalue weighted by Gasteiger charge is 2.19. The van der Waals surface area contributed by atoms with Crippen molar-refractivity contribution in [2.45, 2.75) is 10.6 Å². The summed E-state index contributed by atoms with van der Waals surface area (Å²) >= 11 is 1.49. The maximum Gasteiger partial charge on any atom is 0.343 e. The smallest absolute Gasteiger partial charge is 0.343 e. The van der Waals surface area contributed by atoms with Crippen LogP contribution in [-0.2, 0) is 12.8 Å². The summed E-state index contributed by atoms with van der Waals surface area (Å²) in [6.45, 7) is 0. The van der Waals surface area contributed by atoms with Crippen molar-refractivity contribution in [1.29, 1.82) is 0 Å². The quantitative estimate of drug-likeness (QED) is 0.824. The van der Waals surface area contributed by atoms with E-state index < -0.39 is 11.5 Å². The summed E-state index contributed by atoms with van der Waals surface area (Å²) in [6.07, 6.45) is 0. The van der Waals surface area contributed by atoms with Gasteiger partial charge in [0, 0.05) is 17.7 Å². The number of aryl methyl sites for hydroxylation is 1. The lowest BCUT2D eigenvalue weighted by Gasteiger charge is -2.04. The third kappa shape index (κ3) is 2.48. The topological polar surface area (TPSA) is 75.1 Å². The average molecular weight is 264 g/mol. The van der Waals surface area contributed by atoms with E-state index in [4.69, 9.17) is 5.11 Å². The van der Waals surface area contributed by atoms with Gasteiger partial charge in [0.05, 0.1) is 5.69 Å². The first-order chi connectivity index (χ1) is 8.59. The molecule has 5 nitrogen and oxygen atoms in total. The molecule has 0 aliphatic carbocycles. The molecule has 0 bridgehead atoms. The van der Waals surface area contributed by atoms with Crippen molar-refractivity contribution >= 4 is 17.7 Å². The minimum atomic E-state index is -1.19. The number of aromatic nitrogens is 2. The standard InChI is InChI=1S/C12H12N2O3S/c1-14-9(10(12(16)17)11(15)13-14)7-18-8-5-3-2-4-6-8/h2-6H,7H2,1H3,(H,13,15)(H,16,17). The molecule has 6 heteroatoms. The summed E-state index contributed by atoms with van der Waals surface area (Å²) in [6, 6.07) is 9.62. The van der Waals surface area contributed by atoms with Gasteiger partial charge in [-0.15, -0.1) is 11.8 Å². The van der Waals surface area contributed by atoms with E-state index in [1.54, 1.807) is 7.05 Å². The number of hydrogen-bond acceptors (Lipinski definition) is 3. The number of aromatic carboxylic acids is 1. The number of H-pyrrole nitrogens is 1. The molecule has 94 valence electrons. The molecule has 1 heterocycles. The Morgan fingerprint density at radius 3 is 2.67 bits per heavy atom. The van der Waals surface area contributed by atoms with Crippen LogP contribution in [0.3, 0.4) is 0 Å². The molecule has 0 fully saturated rings. The molecule has 0 unspecified atom stereocenters. The summed E-state index contributed by atoms with van der Waals surface area (Å²) in [5.41, 5.74) is -0.254. The van der Waals surface area contributed by atoms with E-state index in [1.165, 1.54) is 16.4 Å². The predicted octanol–water partition coefficient (Wildman–Crippen LogP) is 1.70. The van der Waals surface area contributed by atoms with Gasteiger partial charge < -0.3 is 5.11 Å². The minimum Gasteiger partial charge on any atom is -0.477 e. The monoisotopic (exact) mass is 264 g/mol. The molecule has 1 aromatic carbocycles. The highest BCUT2D eigenvalue weighted by atomic mass is 32.2. The minimum absolute atomic E-state index is 0.180. The molecule has 18 heavy (non-hydrogen) atoms. The molecular weight excluding hydrogens is 252 g/mol. The molecular formula is C12H12N2O3S. The van der Waals surface area contributed by atoms with Crippen molar-refractivity contribution in [3.8, 4) is 0 Å². The predicted molar refractivity (Wildman–Crippen MR) is 69.0 cm³/mol. The van der Waals surface area contributed by atoms with Gasteiger partial charge in [-0.25, -0.2) is 4.79 Å². The Kier molecular flexibility index (Phi) is 3.57. The van der Waals surface area contributed by atoms with Crippen LogP contribution in [0.25, 0.3) is 0 Å². The van der Waals surface area contributed by atoms with Gasteiger partial charge in [0.2, 0.25) is 0 Å². The summed E-state index contributed by atoms with van der Waals surface area (Å²) in [5, 5.41) is 11.5. The van der Waals surface area contributed by atoms with E-state index >= 15 is 0 Å². The van der Waals surface area contributed by atoms with Crippen LogP contribution in [0.1, 0.15) is 16.1 Å². The number of rotatable bonds is 4. The molecule has 0 amide bonds. The highest BCUT2D eigenvalue weighted by molar-refractivity contribution is 7.98. The van der Waals surface area contributed by atoms with Gasteiger partial charge in [-0.1, -0.05) is 18.2 Å². The summed E-state index contributed by atoms with van der Waals surface area (Å²) in [4.78, 5) is 23.5. The third-order valence-electron chi connectivity index (χ3n) is 2.52. The van der Waals surface area contributed by atoms with Crippen LogP contribution in [0, 0.1) is 0 Å². The van der Waals surface area contributed by atoms with Crippen molar-refractivity contribution in [3.05, 3.63) is 51.9 Å². The summed E-state index contributed by atoms with van der Waals surface area (Å²) < 4.78 is 1.46. The molecule has 0 saturated carbocycles. The molecule has 0 aliphatic rings. The van der Waals surface area contributed by atoms with Gasteiger partial charge in [0.1, 0.15) is 5.56 Å². The van der Waals surface area contributed by atoms with Crippen molar-refractivity contribution in [1.82, 2.24) is 9.78 Å². The lowest BCUT2D eigenvalue weighted by molar-refractivity contribution is 0.0694. The molecule has 1 aromatic heterocycles. The molecule has 0 aliphatic heterocycles. The SMILES string of the molecule is Cn1[nH]c(=O)c(C(=O)O)c1CSc1ccccc1. The zero-order valence-electron chi connectivity index (χ0n) is 9.71. The molecule has 0 radical (unpaired) electrons. The van der Waals surface area contributed by atoms with Gasteiger partial charge in [-0.3, -0.25) is 14.6 Å². The Morgan fingerprint density at radius 1 is 1.39 bits per heavy atom. The average Bonchev–Trinajstić information content (AvgIpc) is 2.62. The van der Waals surface area contributed by atoms with Crippen LogP contribution in [0.2, 0.25) is 0 Å². The summed E-state index contributed by atoms with van der Waals surface area (Å²) in [5.74, 6) is -0.763. The zero-order valence-corrected chi connectivity index (χ0v) is 10.5. The third-order valence-corrected chi connectivity index (χ3v) is 3.55. The molecule has 0 spiro atoms. The van der Waals surface area contributed by atoms with E-state index in [0.29, 0.717) is 11.4 Å². The Bertz CT molecular complexity index is 616. The number of thioether (sulfide) groups is 1. The second kappa shape index (κ2) is 5.14. The Morgan fingerprint density at radius 2 is 2.06 bits per heavy atom. The Balaban J connectivity index is 2.24. The maximum atomic E-state index is 11.4. The number of carboxylic acids is 1. The van der Waals surface area contributed by atoms with Crippen LogP contribution in [-0.4, -0.2) is 20.9 Å². The van der Waals surface area contributed by atoms with Gasteiger partial charge in [-0.2, -0.15) is 0 Å². The Labute approximate surface area is 107 Å². The van der Waals surface area contributed by atoms with Gasteiger partial charge in [-0.05, 0) is 12.1 Å². The van der Waals surface area contributed by atoms with E-state index in [1.807, 2.05) is 30.3 Å². The number of benzene rings is 1. The fourth-order valence-corrected chi connectivity index (χ4v) is 2.62. The van der Waals surface area contributed by atoms with Gasteiger partial charge >= 0.3 is 5.97 Å². The highest BCUT2D eigenvalue weighted by Crippen LogP contribution is 2.22. The zero-order chi connectivity index (χ0) is 13.1. The van der Waals surface area contributed by atoms with Crippen molar-refractivity contribution in [2.75, 3.05) is 0 Å². The van der Waals surface area contributed by atoms with Crippen LogP contribution >= 0.6 is 11.8 Å². The molecule has 0 atom stereocenters. The number of carboxylic acid groups (broad SMARTS) is 1. The first kappa shape index (κ1) is 12.5. The lowest BCUT2D eigenvalue weighted by atomic mass is 10.2. The number of aromatic amines is 1. The lowest BCUT2D eigenvalue weighted by Crippen LogP contribution is -2.12. The van der Waals surface area contributed by atoms with Gasteiger partial charge in [0.25, 0.3) is 5.56 Å². The van der Waals surface area contributed by atoms with Crippen LogP contribution in [0.5, 0.6) is 0 Å². The van der Waals surface area contributed by atoms with Crippen molar-refractivity contribution in [3.63, 3.8) is 0 Å². The normalized spacial score (nSPS) is 10.5. The molecule has 2 rings (SSSR count). The largest absolute Gasteiger partial charge is 0.477 e. The fourth-order valence-electron chi connectivity index (χ4n) is 1.63. The number of carbonyl (C=O) groups is 1. The first-order valence-electron chi connectivity index (χ1n) is 5.28. The van der Waals surface area contributed by atoms with Crippen LogP contribution in [0.4, 0.5) is 0 Å².